The summed E-state index contributed by atoms with van der Waals surface area (Å²) in [6.45, 7) is 0. The average molecular weight is 426 g/mol. The van der Waals surface area contributed by atoms with Crippen molar-refractivity contribution >= 4 is 22.7 Å². The first-order valence-electron chi connectivity index (χ1n) is 5.45. The molecule has 1 rings (SSSR count). The molecule has 0 saturated heterocycles. The molecule has 0 aromatic heterocycles. The highest BCUT2D eigenvalue weighted by atomic mass is 32.2. The lowest BCUT2D eigenvalue weighted by Crippen LogP contribution is -2.63. The van der Waals surface area contributed by atoms with E-state index in [1.807, 2.05) is 0 Å². The van der Waals surface area contributed by atoms with E-state index in [2.05, 4.69) is 12.6 Å². The molecule has 0 radical (unpaired) electrons. The van der Waals surface area contributed by atoms with Crippen molar-refractivity contribution in [2.45, 2.75) is 28.2 Å². The second kappa shape index (κ2) is 7.11. The molecule has 4 nitrogen and oxygen atoms in total. The molecule has 0 aliphatic heterocycles. The highest BCUT2D eigenvalue weighted by molar-refractivity contribution is 7.86. The van der Waals surface area contributed by atoms with Crippen molar-refractivity contribution in [1.82, 2.24) is 0 Å². The van der Waals surface area contributed by atoms with Gasteiger partial charge in [-0.15, -0.1) is 0 Å². The molecule has 146 valence electrons. The van der Waals surface area contributed by atoms with E-state index in [0.29, 0.717) is 5.75 Å². The van der Waals surface area contributed by atoms with Gasteiger partial charge in [-0.05, 0) is 36.9 Å². The Morgan fingerprint density at radius 3 is 1.44 bits per heavy atom. The van der Waals surface area contributed by atoms with E-state index in [1.54, 1.807) is 24.3 Å². The fourth-order valence-electron chi connectivity index (χ4n) is 0.979. The van der Waals surface area contributed by atoms with Crippen LogP contribution in [0, 0.1) is 0 Å². The number of hydrogen-bond acceptors (Lipinski definition) is 4. The zero-order valence-corrected chi connectivity index (χ0v) is 13.1. The Labute approximate surface area is 139 Å². The van der Waals surface area contributed by atoms with E-state index < -0.39 is 33.4 Å². The van der Waals surface area contributed by atoms with Crippen molar-refractivity contribution in [2.75, 3.05) is 0 Å². The van der Waals surface area contributed by atoms with Gasteiger partial charge in [0.25, 0.3) is 0 Å². The largest absolute Gasteiger partial charge is 0.743 e. The summed E-state index contributed by atoms with van der Waals surface area (Å²) in [5.41, 5.74) is 0. The summed E-state index contributed by atoms with van der Waals surface area (Å²) in [6.07, 6.45) is -7.16. The maximum Gasteiger partial charge on any atom is 0.460 e. The summed E-state index contributed by atoms with van der Waals surface area (Å²) in [5, 5.41) is 1.62. The van der Waals surface area contributed by atoms with Gasteiger partial charge in [-0.3, -0.25) is 0 Å². The van der Waals surface area contributed by atoms with E-state index in [9.17, 15) is 52.5 Å². The smallest absolute Gasteiger partial charge is 0.460 e. The highest BCUT2D eigenvalue weighted by Crippen LogP contribution is 2.54. The molecule has 1 N–H and O–H groups in total. The third kappa shape index (κ3) is 4.84. The topological polar surface area (TPSA) is 77.4 Å². The lowest BCUT2D eigenvalue weighted by Gasteiger charge is -2.34. The average Bonchev–Trinajstić information content (AvgIpc) is 2.40. The second-order valence-electron chi connectivity index (χ2n) is 4.16. The summed E-state index contributed by atoms with van der Waals surface area (Å²) in [5.74, 6) is -14.5. The predicted molar refractivity (Wildman–Crippen MR) is 67.1 cm³/mol. The summed E-state index contributed by atoms with van der Waals surface area (Å²) < 4.78 is 135. The molecule has 0 atom stereocenters. The van der Waals surface area contributed by atoms with E-state index in [4.69, 9.17) is 5.11 Å². The fraction of sp³-hybridized carbons (Fsp3) is 0.400. The van der Waals surface area contributed by atoms with Crippen LogP contribution in [-0.2, 0) is 22.7 Å². The zero-order chi connectivity index (χ0) is 20.5. The molecule has 1 aromatic carbocycles. The number of halogens is 9. The maximum atomic E-state index is 12.2. The van der Waals surface area contributed by atoms with Crippen LogP contribution in [0.15, 0.2) is 29.2 Å². The summed E-state index contributed by atoms with van der Waals surface area (Å²) in [4.78, 5) is 0.975. The standard InChI is InChI=1S/C6H6OS.C4HF9O3S/c7-5-1-3-6(8)4-2-5;5-1(6,3(9,10)11)2(7,8)4(12,13)17(14,15)16/h1-4,7-8H;(H,14,15,16). The predicted octanol–water partition coefficient (Wildman–Crippen LogP) is 2.72. The SMILES string of the molecule is O=S(=O)([O-])C(F)(F)C(F)(F)C(F)(F)C(F)(F)F.Oc1ccc([SH2+])cc1. The van der Waals surface area contributed by atoms with E-state index in [0.717, 1.165) is 4.90 Å². The van der Waals surface area contributed by atoms with Gasteiger partial charge in [0.1, 0.15) is 5.75 Å². The van der Waals surface area contributed by atoms with Crippen molar-refractivity contribution < 1.29 is 57.6 Å². The van der Waals surface area contributed by atoms with Crippen molar-refractivity contribution in [3.63, 3.8) is 0 Å². The van der Waals surface area contributed by atoms with Gasteiger partial charge >= 0.3 is 23.3 Å². The number of hydrogen-bond donors (Lipinski definition) is 1. The van der Waals surface area contributed by atoms with E-state index in [1.165, 1.54) is 0 Å². The van der Waals surface area contributed by atoms with Gasteiger partial charge in [0.15, 0.2) is 15.0 Å². The Hall–Kier alpha value is -1.35. The Balaban J connectivity index is 0.000000593. The highest BCUT2D eigenvalue weighted by Gasteiger charge is 2.83. The maximum absolute atomic E-state index is 12.2. The third-order valence-corrected chi connectivity index (χ3v) is 3.51. The molecular formula is C10H7F9O4S2. The van der Waals surface area contributed by atoms with Crippen LogP contribution in [0.25, 0.3) is 0 Å². The minimum absolute atomic E-state index is 0.298. The minimum atomic E-state index is -7.43. The van der Waals surface area contributed by atoms with Crippen LogP contribution >= 0.6 is 0 Å². The number of benzene rings is 1. The van der Waals surface area contributed by atoms with Gasteiger partial charge in [0.05, 0.1) is 0 Å². The van der Waals surface area contributed by atoms with E-state index >= 15 is 0 Å². The molecule has 0 spiro atoms. The monoisotopic (exact) mass is 426 g/mol. The quantitative estimate of drug-likeness (QED) is 0.458. The minimum Gasteiger partial charge on any atom is -0.743 e. The lowest BCUT2D eigenvalue weighted by atomic mass is 10.1. The van der Waals surface area contributed by atoms with Crippen molar-refractivity contribution in [1.29, 1.82) is 0 Å². The molecule has 0 heterocycles. The first-order chi connectivity index (χ1) is 10.8. The van der Waals surface area contributed by atoms with Crippen LogP contribution in [0.3, 0.4) is 0 Å². The number of aromatic hydroxyl groups is 1. The van der Waals surface area contributed by atoms with Crippen LogP contribution < -0.4 is 0 Å². The third-order valence-electron chi connectivity index (χ3n) is 2.30. The first-order valence-corrected chi connectivity index (χ1v) is 7.36. The molecule has 0 aliphatic rings. The summed E-state index contributed by atoms with van der Waals surface area (Å²) in [6, 6.07) is 6.82. The van der Waals surface area contributed by atoms with Crippen molar-refractivity contribution in [3.8, 4) is 5.75 Å². The summed E-state index contributed by atoms with van der Waals surface area (Å²) >= 11 is 3.28. The van der Waals surface area contributed by atoms with Gasteiger partial charge in [-0.2, -0.15) is 39.5 Å². The molecule has 0 fully saturated rings. The zero-order valence-electron chi connectivity index (χ0n) is 11.3. The van der Waals surface area contributed by atoms with Crippen molar-refractivity contribution in [2.24, 2.45) is 0 Å². The molecule has 0 saturated carbocycles. The van der Waals surface area contributed by atoms with Gasteiger partial charge in [0.2, 0.25) is 0 Å². The lowest BCUT2D eigenvalue weighted by molar-refractivity contribution is -0.382. The first kappa shape index (κ1) is 23.6. The Morgan fingerprint density at radius 2 is 1.20 bits per heavy atom. The summed E-state index contributed by atoms with van der Waals surface area (Å²) in [7, 11) is -7.42. The van der Waals surface area contributed by atoms with Gasteiger partial charge in [0, 0.05) is 0 Å². The normalized spacial score (nSPS) is 13.9. The molecule has 15 heteroatoms. The number of rotatable bonds is 3. The van der Waals surface area contributed by atoms with E-state index in [-0.39, 0.29) is 0 Å². The van der Waals surface area contributed by atoms with Gasteiger partial charge in [-0.25, -0.2) is 8.42 Å². The molecule has 0 amide bonds. The number of alkyl halides is 9. The number of phenolic OH excluding ortho intramolecular Hbond substituents is 1. The van der Waals surface area contributed by atoms with Crippen molar-refractivity contribution in [3.05, 3.63) is 24.3 Å². The molecular weight excluding hydrogens is 419 g/mol. The van der Waals surface area contributed by atoms with Gasteiger partial charge < -0.3 is 9.66 Å². The Kier molecular flexibility index (Phi) is 6.72. The van der Waals surface area contributed by atoms with Gasteiger partial charge in [-0.1, -0.05) is 0 Å². The molecule has 25 heavy (non-hydrogen) atoms. The van der Waals surface area contributed by atoms with Crippen LogP contribution in [0.1, 0.15) is 0 Å². The fourth-order valence-corrected chi connectivity index (χ4v) is 1.59. The second-order valence-corrected chi connectivity index (χ2v) is 6.16. The van der Waals surface area contributed by atoms with Crippen LogP contribution in [0.4, 0.5) is 39.5 Å². The molecule has 0 aliphatic carbocycles. The molecule has 0 unspecified atom stereocenters. The molecule has 0 bridgehead atoms. The number of phenols is 1. The Bertz CT molecular complexity index is 662. The van der Waals surface area contributed by atoms with Crippen LogP contribution in [0.5, 0.6) is 5.75 Å². The molecule has 1 aromatic rings. The van der Waals surface area contributed by atoms with Crippen LogP contribution in [0.2, 0.25) is 0 Å². The van der Waals surface area contributed by atoms with Crippen LogP contribution in [-0.4, -0.2) is 41.4 Å². The Morgan fingerprint density at radius 1 is 0.840 bits per heavy atom.